The molecule has 0 saturated heterocycles. The molecule has 1 aliphatic heterocycles. The lowest BCUT2D eigenvalue weighted by molar-refractivity contribution is -0.122. The second-order valence-corrected chi connectivity index (χ2v) is 6.74. The minimum Gasteiger partial charge on any atom is -0.479 e. The lowest BCUT2D eigenvalue weighted by atomic mass is 10.1. The summed E-state index contributed by atoms with van der Waals surface area (Å²) in [5, 5.41) is 9.79. The van der Waals surface area contributed by atoms with E-state index in [2.05, 4.69) is 25.7 Å². The number of aromatic nitrogens is 4. The molecule has 3 heterocycles. The summed E-state index contributed by atoms with van der Waals surface area (Å²) in [4.78, 5) is 32.7. The highest BCUT2D eigenvalue weighted by molar-refractivity contribution is 5.99. The average Bonchev–Trinajstić information content (AvgIpc) is 3.11. The maximum atomic E-state index is 12.4. The fourth-order valence-corrected chi connectivity index (χ4v) is 3.27. The first-order valence-electron chi connectivity index (χ1n) is 8.99. The number of aryl methyl sites for hydroxylation is 2. The van der Waals surface area contributed by atoms with Crippen molar-refractivity contribution in [2.45, 2.75) is 39.7 Å². The number of carbonyl (C=O) groups is 2. The summed E-state index contributed by atoms with van der Waals surface area (Å²) in [7, 11) is 0. The molecule has 28 heavy (non-hydrogen) atoms. The number of anilines is 2. The molecule has 0 aliphatic carbocycles. The number of hydrogen-bond acceptors (Lipinski definition) is 6. The average molecular weight is 380 g/mol. The molecule has 144 valence electrons. The molecule has 0 unspecified atom stereocenters. The van der Waals surface area contributed by atoms with Gasteiger partial charge < -0.3 is 15.4 Å². The molecule has 1 atom stereocenters. The second kappa shape index (κ2) is 6.91. The first-order chi connectivity index (χ1) is 13.4. The van der Waals surface area contributed by atoms with Crippen molar-refractivity contribution in [1.82, 2.24) is 19.6 Å². The van der Waals surface area contributed by atoms with E-state index in [1.165, 1.54) is 6.33 Å². The summed E-state index contributed by atoms with van der Waals surface area (Å²) in [5.41, 5.74) is 3.89. The normalized spacial score (nSPS) is 15.7. The van der Waals surface area contributed by atoms with Crippen LogP contribution in [0.5, 0.6) is 5.75 Å². The van der Waals surface area contributed by atoms with Crippen molar-refractivity contribution < 1.29 is 14.3 Å². The first-order valence-corrected chi connectivity index (χ1v) is 8.99. The van der Waals surface area contributed by atoms with Gasteiger partial charge in [0.15, 0.2) is 6.10 Å². The van der Waals surface area contributed by atoms with Crippen LogP contribution in [0.1, 0.15) is 30.3 Å². The fourth-order valence-electron chi connectivity index (χ4n) is 3.27. The number of nitrogens with zero attached hydrogens (tertiary/aromatic N) is 4. The minimum absolute atomic E-state index is 0.131. The van der Waals surface area contributed by atoms with Crippen LogP contribution >= 0.6 is 0 Å². The Balaban J connectivity index is 1.44. The second-order valence-electron chi connectivity index (χ2n) is 6.74. The van der Waals surface area contributed by atoms with E-state index < -0.39 is 6.10 Å². The van der Waals surface area contributed by atoms with Crippen molar-refractivity contribution in [3.05, 3.63) is 41.5 Å². The molecule has 0 radical (unpaired) electrons. The number of fused-ring (bicyclic) bond motifs is 2. The summed E-state index contributed by atoms with van der Waals surface area (Å²) in [5.74, 6) is 0.797. The first kappa shape index (κ1) is 17.9. The predicted octanol–water partition coefficient (Wildman–Crippen LogP) is 2.03. The van der Waals surface area contributed by atoms with Crippen LogP contribution in [0.15, 0.2) is 24.5 Å². The molecule has 0 fully saturated rings. The zero-order valence-corrected chi connectivity index (χ0v) is 15.8. The third kappa shape index (κ3) is 3.26. The van der Waals surface area contributed by atoms with Crippen molar-refractivity contribution in [2.75, 3.05) is 10.6 Å². The van der Waals surface area contributed by atoms with Gasteiger partial charge in [0, 0.05) is 23.5 Å². The Bertz CT molecular complexity index is 1090. The van der Waals surface area contributed by atoms with E-state index >= 15 is 0 Å². The van der Waals surface area contributed by atoms with Crippen LogP contribution in [-0.2, 0) is 16.0 Å². The largest absolute Gasteiger partial charge is 0.479 e. The molecule has 9 heteroatoms. The van der Waals surface area contributed by atoms with Gasteiger partial charge >= 0.3 is 0 Å². The zero-order chi connectivity index (χ0) is 19.8. The van der Waals surface area contributed by atoms with E-state index in [1.807, 2.05) is 13.8 Å². The molecule has 1 aromatic carbocycles. The Morgan fingerprint density at radius 1 is 1.36 bits per heavy atom. The van der Waals surface area contributed by atoms with Crippen molar-refractivity contribution in [1.29, 1.82) is 0 Å². The molecule has 2 amide bonds. The number of benzene rings is 1. The number of ether oxygens (including phenoxy) is 1. The highest BCUT2D eigenvalue weighted by Gasteiger charge is 2.23. The summed E-state index contributed by atoms with van der Waals surface area (Å²) in [6, 6.07) is 5.18. The maximum Gasteiger partial charge on any atom is 0.265 e. The molecule has 2 aromatic heterocycles. The Kier molecular flexibility index (Phi) is 4.42. The molecule has 2 N–H and O–H groups in total. The monoisotopic (exact) mass is 380 g/mol. The SMILES string of the molecule is Cc1nc2ncnn2c(C)c1CCC(=O)Nc1ccc2c(c1)NC(=O)[C@@H](C)O2. The van der Waals surface area contributed by atoms with Crippen LogP contribution in [0.25, 0.3) is 5.78 Å². The molecule has 3 aromatic rings. The van der Waals surface area contributed by atoms with Gasteiger partial charge in [-0.2, -0.15) is 10.1 Å². The molecule has 0 bridgehead atoms. The van der Waals surface area contributed by atoms with Gasteiger partial charge in [0.05, 0.1) is 5.69 Å². The Labute approximate surface area is 161 Å². The molecular formula is C19H20N6O3. The number of amides is 2. The Hall–Kier alpha value is -3.49. The smallest absolute Gasteiger partial charge is 0.265 e. The molecular weight excluding hydrogens is 360 g/mol. The predicted molar refractivity (Wildman–Crippen MR) is 102 cm³/mol. The zero-order valence-electron chi connectivity index (χ0n) is 15.8. The summed E-state index contributed by atoms with van der Waals surface area (Å²) in [6.45, 7) is 5.53. The van der Waals surface area contributed by atoms with E-state index in [0.29, 0.717) is 35.7 Å². The molecule has 9 nitrogen and oxygen atoms in total. The fraction of sp³-hybridized carbons (Fsp3) is 0.316. The number of hydrogen-bond donors (Lipinski definition) is 2. The maximum absolute atomic E-state index is 12.4. The van der Waals surface area contributed by atoms with E-state index in [4.69, 9.17) is 4.74 Å². The number of rotatable bonds is 4. The molecule has 4 rings (SSSR count). The highest BCUT2D eigenvalue weighted by atomic mass is 16.5. The van der Waals surface area contributed by atoms with E-state index in [-0.39, 0.29) is 11.8 Å². The van der Waals surface area contributed by atoms with Gasteiger partial charge in [-0.1, -0.05) is 0 Å². The Morgan fingerprint density at radius 2 is 2.18 bits per heavy atom. The summed E-state index contributed by atoms with van der Waals surface area (Å²) in [6.07, 6.45) is 1.76. The standard InChI is InChI=1S/C19H20N6O3/c1-10-14(11(2)25-19(22-10)20-9-21-25)5-7-17(26)23-13-4-6-16-15(8-13)24-18(27)12(3)28-16/h4,6,8-9,12H,5,7H2,1-3H3,(H,23,26)(H,24,27)/t12-/m1/s1. The molecule has 0 saturated carbocycles. The lowest BCUT2D eigenvalue weighted by Gasteiger charge is -2.23. The van der Waals surface area contributed by atoms with Crippen molar-refractivity contribution >= 4 is 29.0 Å². The summed E-state index contributed by atoms with van der Waals surface area (Å²) >= 11 is 0. The minimum atomic E-state index is -0.532. The van der Waals surface area contributed by atoms with Gasteiger partial charge in [-0.05, 0) is 51.0 Å². The van der Waals surface area contributed by atoms with Gasteiger partial charge in [0.25, 0.3) is 11.7 Å². The molecule has 0 spiro atoms. The number of nitrogens with one attached hydrogen (secondary N) is 2. The van der Waals surface area contributed by atoms with Crippen molar-refractivity contribution in [3.8, 4) is 5.75 Å². The third-order valence-electron chi connectivity index (χ3n) is 4.78. The highest BCUT2D eigenvalue weighted by Crippen LogP contribution is 2.32. The van der Waals surface area contributed by atoms with Crippen LogP contribution < -0.4 is 15.4 Å². The van der Waals surface area contributed by atoms with E-state index in [0.717, 1.165) is 17.0 Å². The van der Waals surface area contributed by atoms with Crippen molar-refractivity contribution in [3.63, 3.8) is 0 Å². The van der Waals surface area contributed by atoms with Gasteiger partial charge in [0.1, 0.15) is 12.1 Å². The van der Waals surface area contributed by atoms with Gasteiger partial charge in [0.2, 0.25) is 5.91 Å². The quantitative estimate of drug-likeness (QED) is 0.717. The van der Waals surface area contributed by atoms with Crippen LogP contribution in [0.3, 0.4) is 0 Å². The third-order valence-corrected chi connectivity index (χ3v) is 4.78. The van der Waals surface area contributed by atoms with Crippen LogP contribution in [-0.4, -0.2) is 37.5 Å². The topological polar surface area (TPSA) is 111 Å². The van der Waals surface area contributed by atoms with Crippen molar-refractivity contribution in [2.24, 2.45) is 0 Å². The number of carbonyl (C=O) groups excluding carboxylic acids is 2. The summed E-state index contributed by atoms with van der Waals surface area (Å²) < 4.78 is 7.19. The molecule has 1 aliphatic rings. The van der Waals surface area contributed by atoms with Gasteiger partial charge in [-0.3, -0.25) is 9.59 Å². The van der Waals surface area contributed by atoms with Crippen LogP contribution in [0, 0.1) is 13.8 Å². The van der Waals surface area contributed by atoms with Crippen LogP contribution in [0.2, 0.25) is 0 Å². The van der Waals surface area contributed by atoms with E-state index in [1.54, 1.807) is 29.6 Å². The van der Waals surface area contributed by atoms with Gasteiger partial charge in [-0.15, -0.1) is 0 Å². The lowest BCUT2D eigenvalue weighted by Crippen LogP contribution is -2.34. The van der Waals surface area contributed by atoms with Crippen LogP contribution in [0.4, 0.5) is 11.4 Å². The van der Waals surface area contributed by atoms with Gasteiger partial charge in [-0.25, -0.2) is 9.50 Å². The Morgan fingerprint density at radius 3 is 3.00 bits per heavy atom. The van der Waals surface area contributed by atoms with E-state index in [9.17, 15) is 9.59 Å².